The molecule has 38 heteroatoms. The number of nitrogens with zero attached hydrogens (tertiary/aromatic N) is 13. The average Bonchev–Trinajstić information content (AvgIpc) is 1.82. The van der Waals surface area contributed by atoms with E-state index >= 15 is 0 Å². The van der Waals surface area contributed by atoms with E-state index in [9.17, 15) is 34.6 Å². The topological polar surface area (TPSA) is 431 Å². The summed E-state index contributed by atoms with van der Waals surface area (Å²) in [4.78, 5) is 83.9. The number of nitrogens with one attached hydrogen (secondary N) is 7. The number of urea groups is 3. The number of hydrogen-bond acceptors (Lipinski definition) is 20. The Morgan fingerprint density at radius 1 is 0.489 bits per heavy atom. The van der Waals surface area contributed by atoms with Gasteiger partial charge in [0.15, 0.2) is 6.33 Å². The molecule has 0 spiro atoms. The normalized spacial score (nSPS) is 10.7. The molecule has 0 aliphatic rings. The summed E-state index contributed by atoms with van der Waals surface area (Å²) in [5.41, 5.74) is 15.8. The number of H-pyrrole nitrogens is 1. The van der Waals surface area contributed by atoms with Crippen LogP contribution in [0.15, 0.2) is 238 Å². The zero-order chi connectivity index (χ0) is 90.4. The minimum absolute atomic E-state index is 0. The molecule has 680 valence electrons. The van der Waals surface area contributed by atoms with E-state index in [4.69, 9.17) is 45.3 Å². The van der Waals surface area contributed by atoms with Gasteiger partial charge in [-0.2, -0.15) is 15.3 Å². The first-order valence-corrected chi connectivity index (χ1v) is 41.3. The van der Waals surface area contributed by atoms with E-state index in [1.165, 1.54) is 18.9 Å². The standard InChI is InChI=1S/C30H31N7O4.C30H33N7O2.C27H29IN4O2.C3H3N3O2.CH2O3.CH4.CH3.2K.Pt.H/c1-20-9-11-21(12-10-20)36-27(17-26(34-36)30(2,3)4)33-29(38)32-24-13-14-25(23-8-6-5-7-22(23)24)41-16-15-35-18-28(31-19-35)37(39)40;1-20-9-11-21(12-10-20)37-28(17-26(35-37)30(2,3)4)34-29(38)33-24-13-14-25(23-8-6-5-7-22(23)24)39-16-15-36-18-27(31)32-19-36;1-18-9-11-19(12-10-18)32-25(17-24(31-32)27(2,3)4)30-26(33)29-22-13-14-23(34-16-15-28)21-8-6-5-7-20(21)22;7-6(8)3-1-4-2-5-3;2-1-4-3;;;;;;/h5-14,17-19H,15-16H2,1-4H3,(H2,32,33,38);5-14,17-19H,15-16,31H2,1-4H3,(H2,33,34,38);5-14,17H,15-16H2,1-4H3,(H2,29,30,33);1-2H,(H,4,5);1,3H;1H4;1H3;;;;/q;;;;;;-1;2*+1;;-1/p-1. The molecule has 9 aromatic carbocycles. The molecule has 131 heavy (non-hydrogen) atoms. The van der Waals surface area contributed by atoms with Gasteiger partial charge >= 0.3 is 132 Å². The fourth-order valence-electron chi connectivity index (χ4n) is 12.6. The van der Waals surface area contributed by atoms with Gasteiger partial charge in [-0.1, -0.05) is 218 Å². The van der Waals surface area contributed by atoms with Crippen LogP contribution in [0.3, 0.4) is 0 Å². The minimum atomic E-state index is -0.535. The first kappa shape index (κ1) is 109. The fraction of sp³-hybridized carbons (Fsp3) is 0.237. The van der Waals surface area contributed by atoms with Crippen molar-refractivity contribution in [3.63, 3.8) is 0 Å². The van der Waals surface area contributed by atoms with Crippen molar-refractivity contribution in [1.29, 1.82) is 0 Å². The van der Waals surface area contributed by atoms with E-state index in [0.717, 1.165) is 105 Å². The van der Waals surface area contributed by atoms with Gasteiger partial charge in [0, 0.05) is 98.5 Å². The largest absolute Gasteiger partial charge is 1.00 e. The number of alkyl halides is 1. The van der Waals surface area contributed by atoms with Gasteiger partial charge in [-0.25, -0.2) is 43.4 Å². The number of aromatic nitrogens is 12. The monoisotopic (exact) mass is 2120 g/mol. The van der Waals surface area contributed by atoms with Crippen LogP contribution in [0.2, 0.25) is 0 Å². The average molecular weight is 2130 g/mol. The van der Waals surface area contributed by atoms with E-state index < -0.39 is 15.9 Å². The molecule has 0 radical (unpaired) electrons. The Kier molecular flexibility index (Phi) is 41.9. The van der Waals surface area contributed by atoms with Crippen LogP contribution < -0.4 is 160 Å². The van der Waals surface area contributed by atoms with Crippen LogP contribution in [0, 0.1) is 48.4 Å². The summed E-state index contributed by atoms with van der Waals surface area (Å²) in [6.45, 7) is 27.1. The number of nitrogens with two attached hydrogens (primary N) is 1. The number of ether oxygens (including phenoxy) is 3. The van der Waals surface area contributed by atoms with Gasteiger partial charge in [0.25, 0.3) is 6.47 Å². The van der Waals surface area contributed by atoms with Crippen LogP contribution in [-0.2, 0) is 60.1 Å². The van der Waals surface area contributed by atoms with E-state index in [1.807, 2.05) is 213 Å². The third-order valence-corrected chi connectivity index (χ3v) is 19.6. The number of aromatic amines is 1. The summed E-state index contributed by atoms with van der Waals surface area (Å²) < 4.78 is 27.6. The maximum atomic E-state index is 13.2. The van der Waals surface area contributed by atoms with E-state index in [1.54, 1.807) is 43.3 Å². The van der Waals surface area contributed by atoms with Gasteiger partial charge in [0.1, 0.15) is 66.1 Å². The third kappa shape index (κ3) is 30.5. The molecule has 34 nitrogen and oxygen atoms in total. The number of aryl methyl sites for hydroxylation is 3. The number of carbonyl (C=O) groups is 4. The Labute approximate surface area is 873 Å². The Bertz CT molecular complexity index is 6290. The number of halogens is 1. The number of imidazole rings is 3. The molecule has 0 saturated carbocycles. The second-order valence-electron chi connectivity index (χ2n) is 31.8. The summed E-state index contributed by atoms with van der Waals surface area (Å²) in [7, 11) is 0. The summed E-state index contributed by atoms with van der Waals surface area (Å²) in [6.07, 6.45) is 8.63. The number of nitro groups is 2. The Balaban J connectivity index is 0.000000322. The molecule has 6 amide bonds. The number of hydrogen-bond donors (Lipinski definition) is 8. The smallest absolute Gasteiger partial charge is 1.00 e. The molecule has 0 fully saturated rings. The van der Waals surface area contributed by atoms with Crippen LogP contribution in [0.5, 0.6) is 17.2 Å². The molecule has 0 bridgehead atoms. The molecular formula is C93H105IK2N21O13Pt-. The van der Waals surface area contributed by atoms with Crippen LogP contribution >= 0.6 is 22.6 Å². The van der Waals surface area contributed by atoms with Crippen molar-refractivity contribution in [3.05, 3.63) is 299 Å². The Morgan fingerprint density at radius 3 is 1.08 bits per heavy atom. The van der Waals surface area contributed by atoms with Crippen molar-refractivity contribution in [1.82, 2.24) is 58.4 Å². The van der Waals surface area contributed by atoms with Crippen molar-refractivity contribution in [3.8, 4) is 34.3 Å². The number of rotatable bonds is 23. The summed E-state index contributed by atoms with van der Waals surface area (Å²) in [5, 5.41) is 66.7. The molecule has 0 aliphatic carbocycles. The molecule has 15 aromatic rings. The first-order chi connectivity index (χ1) is 60.2. The van der Waals surface area contributed by atoms with E-state index in [2.05, 4.69) is 142 Å². The zero-order valence-electron chi connectivity index (χ0n) is 75.7. The molecule has 15 rings (SSSR count). The number of amides is 6. The maximum absolute atomic E-state index is 13.2. The predicted octanol–water partition coefficient (Wildman–Crippen LogP) is 13.6. The number of benzene rings is 9. The SMILES string of the molecule is C.Cc1ccc(-n2nc(C(C)(C)C)cc2NC(=O)Nc2ccc(OCCI)c3ccccc23)cc1.Cc1ccc(-n2nc(C(C)(C)C)cc2NC(=O)Nc2ccc(OCCn3cnc(N)c3)c3ccccc23)cc1.Cc1ccc(-n2nc(C(C)(C)C)cc2NC(=O)Nc2ccc(OCCn3cnc([N+](=O)[O-])c3)c3ccccc23)cc1.O=CO[O-].O=[N+]([O-])c1cnc[nH]1.[CH3-].[H-].[K+].[K+].[Pt]. The van der Waals surface area contributed by atoms with Crippen LogP contribution in [0.1, 0.15) is 105 Å². The van der Waals surface area contributed by atoms with Gasteiger partial charge in [-0.3, -0.25) is 20.7 Å². The number of fused-ring (bicyclic) bond motifs is 3. The van der Waals surface area contributed by atoms with Crippen molar-refractivity contribution >= 4 is 131 Å². The Morgan fingerprint density at radius 2 is 0.809 bits per heavy atom. The molecule has 0 unspecified atom stereocenters. The minimum Gasteiger partial charge on any atom is -1.00 e. The van der Waals surface area contributed by atoms with Crippen molar-refractivity contribution in [2.75, 3.05) is 61.9 Å². The van der Waals surface area contributed by atoms with E-state index in [0.29, 0.717) is 72.4 Å². The maximum Gasteiger partial charge on any atom is 1.00 e. The van der Waals surface area contributed by atoms with Gasteiger partial charge in [-0.15, -0.1) is 0 Å². The van der Waals surface area contributed by atoms with E-state index in [-0.39, 0.29) is 193 Å². The fourth-order valence-corrected chi connectivity index (χ4v) is 12.8. The van der Waals surface area contributed by atoms with Crippen LogP contribution in [0.4, 0.5) is 66.4 Å². The molecule has 0 saturated heterocycles. The molecule has 9 N–H and O–H groups in total. The van der Waals surface area contributed by atoms with Gasteiger partial charge in [0.2, 0.25) is 6.33 Å². The molecule has 0 atom stereocenters. The molecule has 0 aliphatic heterocycles. The molecular weight excluding hydrogens is 2020 g/mol. The summed E-state index contributed by atoms with van der Waals surface area (Å²) >= 11 is 2.29. The number of nitrogen functional groups attached to an aromatic ring is 1. The quantitative estimate of drug-likeness (QED) is 0.00431. The van der Waals surface area contributed by atoms with Crippen LogP contribution in [-0.4, -0.2) is 117 Å². The zero-order valence-corrected chi connectivity index (χ0v) is 85.4. The summed E-state index contributed by atoms with van der Waals surface area (Å²) in [6, 6.07) is 63.1. The second kappa shape index (κ2) is 50.5. The van der Waals surface area contributed by atoms with Crippen molar-refractivity contribution in [2.45, 2.75) is 120 Å². The van der Waals surface area contributed by atoms with Gasteiger partial charge < -0.3 is 84.3 Å². The predicted molar refractivity (Wildman–Crippen MR) is 508 cm³/mol. The molecule has 6 aromatic heterocycles. The van der Waals surface area contributed by atoms with Crippen molar-refractivity contribution < 1.29 is 179 Å². The molecule has 6 heterocycles. The number of carbonyl (C=O) groups excluding carboxylic acids is 4. The number of anilines is 7. The summed E-state index contributed by atoms with van der Waals surface area (Å²) in [5.74, 6) is 4.12. The Hall–Kier alpha value is -11.0. The van der Waals surface area contributed by atoms with Gasteiger partial charge in [0.05, 0.1) is 77.2 Å². The van der Waals surface area contributed by atoms with Crippen LogP contribution in [0.25, 0.3) is 49.4 Å². The first-order valence-electron chi connectivity index (χ1n) is 39.8. The van der Waals surface area contributed by atoms with Gasteiger partial charge in [-0.05, 0) is 108 Å². The van der Waals surface area contributed by atoms with Crippen molar-refractivity contribution in [2.24, 2.45) is 0 Å². The second-order valence-corrected chi connectivity index (χ2v) is 32.9. The third-order valence-electron chi connectivity index (χ3n) is 19.1.